The van der Waals surface area contributed by atoms with Crippen molar-refractivity contribution in [2.24, 2.45) is 0 Å². The lowest BCUT2D eigenvalue weighted by Gasteiger charge is -2.36. The average Bonchev–Trinajstić information content (AvgIpc) is 3.58. The number of imide groups is 1. The molecule has 40 heavy (non-hydrogen) atoms. The lowest BCUT2D eigenvalue weighted by molar-refractivity contribution is -0.123. The first-order valence-electron chi connectivity index (χ1n) is 13.6. The number of piperazine rings is 1. The van der Waals surface area contributed by atoms with Gasteiger partial charge in [-0.2, -0.15) is 4.98 Å². The van der Waals surface area contributed by atoms with Crippen LogP contribution in [0.25, 0.3) is 10.2 Å². The fraction of sp³-hybridized carbons (Fsp3) is 0.444. The Bertz CT molecular complexity index is 1480. The largest absolute Gasteiger partial charge is 0.378 e. The molecule has 13 heteroatoms. The average molecular weight is 563 g/mol. The minimum atomic E-state index is -0.545. The summed E-state index contributed by atoms with van der Waals surface area (Å²) in [6.45, 7) is 7.85. The third-order valence-corrected chi connectivity index (χ3v) is 8.82. The Kier molecular flexibility index (Phi) is 6.48. The van der Waals surface area contributed by atoms with E-state index in [9.17, 15) is 14.4 Å². The van der Waals surface area contributed by atoms with Gasteiger partial charge in [-0.05, 0) is 28.6 Å². The van der Waals surface area contributed by atoms with E-state index in [1.807, 2.05) is 12.1 Å². The van der Waals surface area contributed by atoms with Crippen LogP contribution in [0.5, 0.6) is 0 Å². The van der Waals surface area contributed by atoms with Crippen molar-refractivity contribution < 1.29 is 19.1 Å². The normalized spacial score (nSPS) is 20.4. The summed E-state index contributed by atoms with van der Waals surface area (Å²) in [4.78, 5) is 53.6. The summed E-state index contributed by atoms with van der Waals surface area (Å²) in [5, 5.41) is 7.15. The van der Waals surface area contributed by atoms with Gasteiger partial charge in [0.05, 0.1) is 36.5 Å². The molecule has 3 saturated heterocycles. The van der Waals surface area contributed by atoms with E-state index in [0.29, 0.717) is 25.3 Å². The zero-order chi connectivity index (χ0) is 27.2. The van der Waals surface area contributed by atoms with Gasteiger partial charge in [-0.15, -0.1) is 11.3 Å². The van der Waals surface area contributed by atoms with E-state index in [2.05, 4.69) is 37.5 Å². The quantitative estimate of drug-likeness (QED) is 0.496. The molecule has 3 aromatic rings. The van der Waals surface area contributed by atoms with Crippen LogP contribution in [-0.2, 0) is 22.6 Å². The molecule has 0 spiro atoms. The van der Waals surface area contributed by atoms with Gasteiger partial charge in [0, 0.05) is 57.8 Å². The van der Waals surface area contributed by atoms with Crippen LogP contribution in [0.4, 0.5) is 16.6 Å². The number of urea groups is 1. The molecule has 1 aromatic carbocycles. The first-order valence-corrected chi connectivity index (χ1v) is 14.5. The molecule has 4 aliphatic rings. The molecule has 3 fully saturated rings. The molecular weight excluding hydrogens is 532 g/mol. The van der Waals surface area contributed by atoms with Crippen LogP contribution in [0.15, 0.2) is 29.6 Å². The van der Waals surface area contributed by atoms with Crippen molar-refractivity contribution in [3.05, 3.63) is 46.3 Å². The number of ether oxygens (including phenoxy) is 1. The van der Waals surface area contributed by atoms with Crippen LogP contribution < -0.4 is 15.1 Å². The van der Waals surface area contributed by atoms with Crippen molar-refractivity contribution in [3.8, 4) is 0 Å². The van der Waals surface area contributed by atoms with Crippen molar-refractivity contribution in [2.45, 2.75) is 19.5 Å². The van der Waals surface area contributed by atoms with Crippen LogP contribution in [0.3, 0.4) is 0 Å². The molecule has 208 valence electrons. The zero-order valence-electron chi connectivity index (χ0n) is 22.0. The highest BCUT2D eigenvalue weighted by Gasteiger charge is 2.37. The Hall–Kier alpha value is -3.81. The number of hydrogen-bond acceptors (Lipinski definition) is 10. The maximum Gasteiger partial charge on any atom is 0.342 e. The van der Waals surface area contributed by atoms with E-state index < -0.39 is 6.03 Å². The van der Waals surface area contributed by atoms with Gasteiger partial charge < -0.3 is 14.5 Å². The minimum absolute atomic E-state index is 0.185. The molecule has 7 rings (SSSR count). The summed E-state index contributed by atoms with van der Waals surface area (Å²) in [5.74, 6) is 1.27. The lowest BCUT2D eigenvalue weighted by atomic mass is 10.1. The van der Waals surface area contributed by atoms with E-state index in [1.165, 1.54) is 10.0 Å². The Labute approximate surface area is 235 Å². The second-order valence-corrected chi connectivity index (χ2v) is 11.3. The van der Waals surface area contributed by atoms with Gasteiger partial charge in [-0.1, -0.05) is 12.1 Å². The molecule has 0 unspecified atom stereocenters. The number of hydrogen-bond donors (Lipinski definition) is 1. The van der Waals surface area contributed by atoms with Gasteiger partial charge >= 0.3 is 6.03 Å². The predicted octanol–water partition coefficient (Wildman–Crippen LogP) is 1.66. The van der Waals surface area contributed by atoms with Crippen molar-refractivity contribution in [2.75, 3.05) is 68.8 Å². The summed E-state index contributed by atoms with van der Waals surface area (Å²) in [6, 6.07) is 7.46. The van der Waals surface area contributed by atoms with Crippen molar-refractivity contribution in [3.63, 3.8) is 0 Å². The molecular formula is C27H30N8O4S. The number of benzene rings is 1. The van der Waals surface area contributed by atoms with Crippen LogP contribution in [0.2, 0.25) is 0 Å². The summed E-state index contributed by atoms with van der Waals surface area (Å²) in [5.41, 5.74) is 3.65. The Morgan fingerprint density at radius 3 is 2.52 bits per heavy atom. The number of morpholine rings is 1. The highest BCUT2D eigenvalue weighted by atomic mass is 32.1. The van der Waals surface area contributed by atoms with Gasteiger partial charge in [0.25, 0.3) is 5.91 Å². The number of carbonyl (C=O) groups excluding carboxylic acids is 3. The second-order valence-electron chi connectivity index (χ2n) is 10.4. The maximum absolute atomic E-state index is 13.0. The number of amides is 4. The second kappa shape index (κ2) is 10.3. The molecule has 0 atom stereocenters. The molecule has 12 nitrogen and oxygen atoms in total. The summed E-state index contributed by atoms with van der Waals surface area (Å²) in [7, 11) is 0. The number of rotatable bonds is 5. The van der Waals surface area contributed by atoms with E-state index in [1.54, 1.807) is 11.3 Å². The topological polar surface area (TPSA) is 114 Å². The molecule has 4 amide bonds. The molecule has 4 aliphatic heterocycles. The van der Waals surface area contributed by atoms with Crippen LogP contribution in [0.1, 0.15) is 27.9 Å². The maximum atomic E-state index is 13.0. The van der Waals surface area contributed by atoms with E-state index in [4.69, 9.17) is 14.7 Å². The Morgan fingerprint density at radius 2 is 1.73 bits per heavy atom. The molecule has 1 N–H and O–H groups in total. The van der Waals surface area contributed by atoms with Gasteiger partial charge in [-0.3, -0.25) is 19.8 Å². The number of nitrogens with one attached hydrogen (secondary N) is 1. The fourth-order valence-corrected chi connectivity index (χ4v) is 6.62. The number of fused-ring (bicyclic) bond motifs is 2. The number of nitrogens with zero attached hydrogens (tertiary/aromatic N) is 7. The summed E-state index contributed by atoms with van der Waals surface area (Å²) >= 11 is 1.69. The molecule has 0 bridgehead atoms. The third-order valence-electron chi connectivity index (χ3n) is 7.92. The molecule has 0 saturated carbocycles. The molecule has 6 heterocycles. The molecule has 2 aromatic heterocycles. The highest BCUT2D eigenvalue weighted by Crippen LogP contribution is 2.32. The number of hydrazine groups is 1. The van der Waals surface area contributed by atoms with Crippen LogP contribution >= 0.6 is 11.3 Å². The zero-order valence-corrected chi connectivity index (χ0v) is 22.9. The van der Waals surface area contributed by atoms with E-state index in [0.717, 1.165) is 78.9 Å². The van der Waals surface area contributed by atoms with Crippen LogP contribution in [-0.4, -0.2) is 102 Å². The summed E-state index contributed by atoms with van der Waals surface area (Å²) in [6.07, 6.45) is 0.185. The predicted molar refractivity (Wildman–Crippen MR) is 149 cm³/mol. The number of anilines is 2. The van der Waals surface area contributed by atoms with Crippen molar-refractivity contribution >= 4 is 51.2 Å². The first-order chi connectivity index (χ1) is 19.5. The van der Waals surface area contributed by atoms with E-state index in [-0.39, 0.29) is 24.8 Å². The van der Waals surface area contributed by atoms with Gasteiger partial charge in [0.1, 0.15) is 0 Å². The van der Waals surface area contributed by atoms with Gasteiger partial charge in [-0.25, -0.2) is 19.8 Å². The lowest BCUT2D eigenvalue weighted by Crippen LogP contribution is -2.56. The van der Waals surface area contributed by atoms with Crippen LogP contribution in [0, 0.1) is 0 Å². The number of aromatic nitrogens is 2. The van der Waals surface area contributed by atoms with Gasteiger partial charge in [0.15, 0.2) is 5.82 Å². The molecule has 0 aliphatic carbocycles. The Balaban J connectivity index is 1.01. The summed E-state index contributed by atoms with van der Waals surface area (Å²) < 4.78 is 6.64. The van der Waals surface area contributed by atoms with Crippen molar-refractivity contribution in [1.82, 2.24) is 30.2 Å². The molecule has 0 radical (unpaired) electrons. The minimum Gasteiger partial charge on any atom is -0.378 e. The van der Waals surface area contributed by atoms with Crippen molar-refractivity contribution in [1.29, 1.82) is 0 Å². The van der Waals surface area contributed by atoms with E-state index >= 15 is 0 Å². The SMILES string of the molecule is O=C1CCN(N2Cc3cc(CN4CCN(c5nc(N6CCOCC6)nc6ccsc56)CC4)ccc3C2=O)C(=O)N1. The number of thiophene rings is 1. The number of carbonyl (C=O) groups is 3. The monoisotopic (exact) mass is 562 g/mol. The Morgan fingerprint density at radius 1 is 0.900 bits per heavy atom. The standard InChI is InChI=1S/C27H30N8O4S/c36-22-3-5-34(27(38)29-22)35-17-19-15-18(1-2-20(19)25(35)37)16-31-6-8-32(9-7-31)24-23-21(4-14-40-23)28-26(30-24)33-10-12-39-13-11-33/h1-2,4,14-15H,3,5-13,16-17H2,(H,29,36,38). The highest BCUT2D eigenvalue weighted by molar-refractivity contribution is 7.17. The van der Waals surface area contributed by atoms with Gasteiger partial charge in [0.2, 0.25) is 11.9 Å². The fourth-order valence-electron chi connectivity index (χ4n) is 5.77. The smallest absolute Gasteiger partial charge is 0.342 e. The first kappa shape index (κ1) is 25.2. The third kappa shape index (κ3) is 4.63.